The molecule has 0 radical (unpaired) electrons. The molecular weight excluding hydrogens is 350 g/mol. The molecule has 0 aliphatic heterocycles. The van der Waals surface area contributed by atoms with Crippen molar-refractivity contribution in [1.29, 1.82) is 0 Å². The molecule has 0 bridgehead atoms. The van der Waals surface area contributed by atoms with E-state index in [0.29, 0.717) is 0 Å². The van der Waals surface area contributed by atoms with E-state index in [2.05, 4.69) is 22.8 Å². The van der Waals surface area contributed by atoms with E-state index in [9.17, 15) is 9.59 Å². The first kappa shape index (κ1) is 20.1. The van der Waals surface area contributed by atoms with E-state index in [4.69, 9.17) is 0 Å². The van der Waals surface area contributed by atoms with Crippen LogP contribution in [-0.2, 0) is 9.59 Å². The number of carbonyl (C=O) groups excluding carboxylic acids is 2. The van der Waals surface area contributed by atoms with Crippen LogP contribution in [0, 0.1) is 20.8 Å². The van der Waals surface area contributed by atoms with E-state index in [1.165, 1.54) is 5.56 Å². The van der Waals surface area contributed by atoms with Crippen LogP contribution in [0.25, 0.3) is 0 Å². The lowest BCUT2D eigenvalue weighted by Crippen LogP contribution is -2.42. The van der Waals surface area contributed by atoms with Gasteiger partial charge in [0.15, 0.2) is 0 Å². The first-order valence-electron chi connectivity index (χ1n) is 9.78. The van der Waals surface area contributed by atoms with Crippen molar-refractivity contribution in [3.8, 4) is 0 Å². The largest absolute Gasteiger partial charge is 0.352 e. The molecule has 5 heteroatoms. The minimum atomic E-state index is -0.493. The molecule has 5 nitrogen and oxygen atoms in total. The number of carbonyl (C=O) groups is 2. The molecule has 0 aromatic heterocycles. The maximum absolute atomic E-state index is 12.8. The van der Waals surface area contributed by atoms with Crippen LogP contribution < -0.4 is 10.6 Å². The molecule has 0 saturated heterocycles. The monoisotopic (exact) mass is 379 g/mol. The smallest absolute Gasteiger partial charge is 0.242 e. The number of rotatable bonds is 7. The third kappa shape index (κ3) is 4.98. The molecule has 1 atom stereocenters. The predicted octanol–water partition coefficient (Wildman–Crippen LogP) is 3.50. The van der Waals surface area contributed by atoms with Crippen LogP contribution in [0.15, 0.2) is 42.5 Å². The number of nitrogens with zero attached hydrogens (tertiary/aromatic N) is 1. The van der Waals surface area contributed by atoms with E-state index < -0.39 is 6.04 Å². The standard InChI is InChI=1S/C23H29N3O2/c1-15-12-16(2)21(17(3)13-15)25-20(27)14-26(4)22(18-8-6-5-7-9-18)23(28)24-19-10-11-19/h5-9,12-13,19,22H,10-11,14H2,1-4H3,(H,24,28)(H,25,27). The Morgan fingerprint density at radius 2 is 1.68 bits per heavy atom. The Balaban J connectivity index is 1.73. The third-order valence-electron chi connectivity index (χ3n) is 5.06. The summed E-state index contributed by atoms with van der Waals surface area (Å²) in [7, 11) is 1.82. The summed E-state index contributed by atoms with van der Waals surface area (Å²) in [5.41, 5.74) is 4.99. The maximum atomic E-state index is 12.8. The Kier molecular flexibility index (Phi) is 6.15. The van der Waals surface area contributed by atoms with Crippen molar-refractivity contribution in [3.63, 3.8) is 0 Å². The summed E-state index contributed by atoms with van der Waals surface area (Å²) in [6.07, 6.45) is 2.06. The summed E-state index contributed by atoms with van der Waals surface area (Å²) in [5.74, 6) is -0.176. The summed E-state index contributed by atoms with van der Waals surface area (Å²) in [6.45, 7) is 6.16. The fourth-order valence-electron chi connectivity index (χ4n) is 3.62. The zero-order valence-electron chi connectivity index (χ0n) is 17.1. The average molecular weight is 380 g/mol. The van der Waals surface area contributed by atoms with Crippen LogP contribution >= 0.6 is 0 Å². The fraction of sp³-hybridized carbons (Fsp3) is 0.391. The number of benzene rings is 2. The second-order valence-electron chi connectivity index (χ2n) is 7.83. The Bertz CT molecular complexity index is 836. The number of hydrogen-bond acceptors (Lipinski definition) is 3. The van der Waals surface area contributed by atoms with Crippen LogP contribution in [0.4, 0.5) is 5.69 Å². The minimum Gasteiger partial charge on any atom is -0.352 e. The van der Waals surface area contributed by atoms with Gasteiger partial charge < -0.3 is 10.6 Å². The van der Waals surface area contributed by atoms with Gasteiger partial charge in [-0.15, -0.1) is 0 Å². The fourth-order valence-corrected chi connectivity index (χ4v) is 3.62. The predicted molar refractivity (Wildman–Crippen MR) is 112 cm³/mol. The van der Waals surface area contributed by atoms with Crippen molar-refractivity contribution < 1.29 is 9.59 Å². The molecule has 3 rings (SSSR count). The zero-order chi connectivity index (χ0) is 20.3. The van der Waals surface area contributed by atoms with Crippen molar-refractivity contribution in [1.82, 2.24) is 10.2 Å². The number of amides is 2. The van der Waals surface area contributed by atoms with Crippen LogP contribution in [0.2, 0.25) is 0 Å². The van der Waals surface area contributed by atoms with Gasteiger partial charge in [-0.05, 0) is 57.4 Å². The number of anilines is 1. The topological polar surface area (TPSA) is 61.4 Å². The molecule has 0 spiro atoms. The van der Waals surface area contributed by atoms with E-state index >= 15 is 0 Å². The van der Waals surface area contributed by atoms with E-state index in [-0.39, 0.29) is 24.4 Å². The minimum absolute atomic E-state index is 0.0494. The Morgan fingerprint density at radius 3 is 2.25 bits per heavy atom. The van der Waals surface area contributed by atoms with E-state index in [1.807, 2.05) is 58.2 Å². The van der Waals surface area contributed by atoms with Crippen molar-refractivity contribution in [2.24, 2.45) is 0 Å². The summed E-state index contributed by atoms with van der Waals surface area (Å²) in [5, 5.41) is 6.09. The van der Waals surface area contributed by atoms with Gasteiger partial charge in [0.25, 0.3) is 0 Å². The number of nitrogens with one attached hydrogen (secondary N) is 2. The molecule has 2 aromatic carbocycles. The van der Waals surface area contributed by atoms with Gasteiger partial charge in [-0.1, -0.05) is 48.0 Å². The highest BCUT2D eigenvalue weighted by molar-refractivity contribution is 5.94. The number of hydrogen-bond donors (Lipinski definition) is 2. The second kappa shape index (κ2) is 8.57. The van der Waals surface area contributed by atoms with Crippen molar-refractivity contribution in [3.05, 3.63) is 64.7 Å². The third-order valence-corrected chi connectivity index (χ3v) is 5.06. The van der Waals surface area contributed by atoms with Gasteiger partial charge in [0.05, 0.1) is 6.54 Å². The van der Waals surface area contributed by atoms with Crippen molar-refractivity contribution >= 4 is 17.5 Å². The molecule has 2 amide bonds. The van der Waals surface area contributed by atoms with Crippen molar-refractivity contribution in [2.45, 2.75) is 45.7 Å². The van der Waals surface area contributed by atoms with Gasteiger partial charge in [0, 0.05) is 11.7 Å². The Morgan fingerprint density at radius 1 is 1.07 bits per heavy atom. The highest BCUT2D eigenvalue weighted by Crippen LogP contribution is 2.25. The molecule has 2 N–H and O–H groups in total. The van der Waals surface area contributed by atoms with Crippen molar-refractivity contribution in [2.75, 3.05) is 18.9 Å². The molecule has 1 aliphatic rings. The Hall–Kier alpha value is -2.66. The molecule has 2 aromatic rings. The van der Waals surface area contributed by atoms with Gasteiger partial charge in [-0.3, -0.25) is 14.5 Å². The summed E-state index contributed by atoms with van der Waals surface area (Å²) in [4.78, 5) is 27.4. The normalized spacial score (nSPS) is 14.6. The summed E-state index contributed by atoms with van der Waals surface area (Å²) < 4.78 is 0. The lowest BCUT2D eigenvalue weighted by Gasteiger charge is -2.27. The molecule has 1 aliphatic carbocycles. The summed E-state index contributed by atoms with van der Waals surface area (Å²) in [6, 6.07) is 13.5. The zero-order valence-corrected chi connectivity index (χ0v) is 17.1. The van der Waals surface area contributed by atoms with Crippen LogP contribution in [0.3, 0.4) is 0 Å². The SMILES string of the molecule is Cc1cc(C)c(NC(=O)CN(C)C(C(=O)NC2CC2)c2ccccc2)c(C)c1. The highest BCUT2D eigenvalue weighted by atomic mass is 16.2. The molecular formula is C23H29N3O2. The molecule has 1 saturated carbocycles. The molecule has 1 fully saturated rings. The Labute approximate surface area is 167 Å². The molecule has 28 heavy (non-hydrogen) atoms. The number of aryl methyl sites for hydroxylation is 3. The summed E-state index contributed by atoms with van der Waals surface area (Å²) >= 11 is 0. The maximum Gasteiger partial charge on any atom is 0.242 e. The van der Waals surface area contributed by atoms with Crippen LogP contribution in [-0.4, -0.2) is 36.3 Å². The second-order valence-corrected chi connectivity index (χ2v) is 7.83. The van der Waals surface area contributed by atoms with E-state index in [0.717, 1.165) is 35.2 Å². The average Bonchev–Trinajstić information content (AvgIpc) is 3.43. The van der Waals surface area contributed by atoms with Gasteiger partial charge >= 0.3 is 0 Å². The van der Waals surface area contributed by atoms with E-state index in [1.54, 1.807) is 4.90 Å². The molecule has 148 valence electrons. The first-order valence-corrected chi connectivity index (χ1v) is 9.78. The van der Waals surface area contributed by atoms with Crippen LogP contribution in [0.1, 0.15) is 41.1 Å². The molecule has 0 heterocycles. The van der Waals surface area contributed by atoms with Gasteiger partial charge in [0.2, 0.25) is 11.8 Å². The van der Waals surface area contributed by atoms with Gasteiger partial charge in [-0.25, -0.2) is 0 Å². The highest BCUT2D eigenvalue weighted by Gasteiger charge is 2.31. The molecule has 1 unspecified atom stereocenters. The first-order chi connectivity index (χ1) is 13.3. The van der Waals surface area contributed by atoms with Gasteiger partial charge in [0.1, 0.15) is 6.04 Å². The van der Waals surface area contributed by atoms with Crippen LogP contribution in [0.5, 0.6) is 0 Å². The number of likely N-dealkylation sites (N-methyl/N-ethyl adjacent to an activating group) is 1. The lowest BCUT2D eigenvalue weighted by atomic mass is 10.0. The lowest BCUT2D eigenvalue weighted by molar-refractivity contribution is -0.127. The van der Waals surface area contributed by atoms with Gasteiger partial charge in [-0.2, -0.15) is 0 Å². The quantitative estimate of drug-likeness (QED) is 0.774.